The Kier molecular flexibility index (Phi) is 4.99. The molecule has 3 heteroatoms. The smallest absolute Gasteiger partial charge is 0.224 e. The lowest BCUT2D eigenvalue weighted by molar-refractivity contribution is -0.116. The molecule has 1 amide bonds. The van der Waals surface area contributed by atoms with E-state index in [1.807, 2.05) is 43.3 Å². The third kappa shape index (κ3) is 3.85. The van der Waals surface area contributed by atoms with Crippen LogP contribution in [0.2, 0.25) is 0 Å². The molecular weight excluding hydrogens is 260 g/mol. The number of carbonyl (C=O) groups is 1. The average molecular weight is 282 g/mol. The number of aryl methyl sites for hydroxylation is 3. The number of hydrogen-bond acceptors (Lipinski definition) is 2. The molecule has 0 spiro atoms. The quantitative estimate of drug-likeness (QED) is 0.821. The van der Waals surface area contributed by atoms with Gasteiger partial charge < -0.3 is 11.1 Å². The van der Waals surface area contributed by atoms with Crippen LogP contribution in [0.15, 0.2) is 42.5 Å². The Morgan fingerprint density at radius 3 is 2.52 bits per heavy atom. The Balaban J connectivity index is 2.01. The summed E-state index contributed by atoms with van der Waals surface area (Å²) in [6.07, 6.45) is 2.00. The first-order valence-electron chi connectivity index (χ1n) is 7.33. The van der Waals surface area contributed by atoms with Gasteiger partial charge in [0, 0.05) is 17.8 Å². The molecule has 0 heterocycles. The lowest BCUT2D eigenvalue weighted by Gasteiger charge is -2.13. The van der Waals surface area contributed by atoms with Crippen molar-refractivity contribution in [2.75, 3.05) is 11.1 Å². The number of nitrogen functional groups attached to an aromatic ring is 1. The molecule has 0 unspecified atom stereocenters. The molecule has 0 fully saturated rings. The summed E-state index contributed by atoms with van der Waals surface area (Å²) in [4.78, 5) is 12.2. The minimum Gasteiger partial charge on any atom is -0.399 e. The van der Waals surface area contributed by atoms with Crippen molar-refractivity contribution < 1.29 is 4.79 Å². The van der Waals surface area contributed by atoms with Crippen molar-refractivity contribution in [3.8, 4) is 0 Å². The van der Waals surface area contributed by atoms with Crippen molar-refractivity contribution >= 4 is 17.3 Å². The topological polar surface area (TPSA) is 55.1 Å². The predicted molar refractivity (Wildman–Crippen MR) is 88.4 cm³/mol. The molecule has 0 aliphatic rings. The zero-order valence-electron chi connectivity index (χ0n) is 12.6. The van der Waals surface area contributed by atoms with E-state index in [-0.39, 0.29) is 5.91 Å². The Labute approximate surface area is 126 Å². The van der Waals surface area contributed by atoms with Crippen molar-refractivity contribution in [2.24, 2.45) is 0 Å². The van der Waals surface area contributed by atoms with Gasteiger partial charge in [-0.15, -0.1) is 0 Å². The predicted octanol–water partition coefficient (Wildman–Crippen LogP) is 3.71. The Morgan fingerprint density at radius 1 is 1.10 bits per heavy atom. The van der Waals surface area contributed by atoms with Crippen LogP contribution in [0.5, 0.6) is 0 Å². The fourth-order valence-corrected chi connectivity index (χ4v) is 2.41. The molecule has 2 aromatic carbocycles. The fourth-order valence-electron chi connectivity index (χ4n) is 2.41. The van der Waals surface area contributed by atoms with Gasteiger partial charge in [0.25, 0.3) is 0 Å². The van der Waals surface area contributed by atoms with Gasteiger partial charge in [0.2, 0.25) is 5.91 Å². The van der Waals surface area contributed by atoms with Crippen LogP contribution in [0.25, 0.3) is 0 Å². The van der Waals surface area contributed by atoms with Crippen LogP contribution in [-0.4, -0.2) is 5.91 Å². The first kappa shape index (κ1) is 15.1. The molecule has 0 atom stereocenters. The first-order valence-corrected chi connectivity index (χ1v) is 7.33. The second-order valence-electron chi connectivity index (χ2n) is 5.21. The van der Waals surface area contributed by atoms with Crippen LogP contribution in [0.3, 0.4) is 0 Å². The van der Waals surface area contributed by atoms with E-state index in [0.717, 1.165) is 28.9 Å². The van der Waals surface area contributed by atoms with E-state index in [4.69, 9.17) is 5.73 Å². The minimum atomic E-state index is 0.0299. The number of hydrogen-bond donors (Lipinski definition) is 2. The molecule has 0 radical (unpaired) electrons. The summed E-state index contributed by atoms with van der Waals surface area (Å²) in [5.41, 5.74) is 10.9. The summed E-state index contributed by atoms with van der Waals surface area (Å²) >= 11 is 0. The Morgan fingerprint density at radius 2 is 1.81 bits per heavy atom. The molecule has 0 saturated carbocycles. The van der Waals surface area contributed by atoms with Gasteiger partial charge in [0.1, 0.15) is 0 Å². The number of nitrogens with two attached hydrogens (primary N) is 1. The number of carbonyl (C=O) groups excluding carboxylic acids is 1. The summed E-state index contributed by atoms with van der Waals surface area (Å²) in [5, 5.41) is 3.04. The van der Waals surface area contributed by atoms with Gasteiger partial charge in [0.05, 0.1) is 0 Å². The summed E-state index contributed by atoms with van der Waals surface area (Å²) in [6, 6.07) is 13.8. The third-order valence-electron chi connectivity index (χ3n) is 3.68. The summed E-state index contributed by atoms with van der Waals surface area (Å²) in [7, 11) is 0. The molecule has 2 rings (SSSR count). The van der Waals surface area contributed by atoms with Gasteiger partial charge in [-0.05, 0) is 42.5 Å². The Hall–Kier alpha value is -2.29. The normalized spacial score (nSPS) is 10.4. The van der Waals surface area contributed by atoms with Gasteiger partial charge in [-0.3, -0.25) is 4.79 Å². The highest BCUT2D eigenvalue weighted by molar-refractivity contribution is 5.92. The van der Waals surface area contributed by atoms with Gasteiger partial charge in [-0.1, -0.05) is 43.3 Å². The van der Waals surface area contributed by atoms with E-state index in [1.54, 1.807) is 0 Å². The minimum absolute atomic E-state index is 0.0299. The van der Waals surface area contributed by atoms with E-state index in [0.29, 0.717) is 12.8 Å². The van der Waals surface area contributed by atoms with Gasteiger partial charge in [-0.2, -0.15) is 0 Å². The number of anilines is 2. The molecule has 0 bridgehead atoms. The van der Waals surface area contributed by atoms with Crippen molar-refractivity contribution in [2.45, 2.75) is 33.1 Å². The number of benzene rings is 2. The molecule has 0 saturated heterocycles. The van der Waals surface area contributed by atoms with Crippen LogP contribution < -0.4 is 11.1 Å². The van der Waals surface area contributed by atoms with Crippen molar-refractivity contribution in [1.29, 1.82) is 0 Å². The monoisotopic (exact) mass is 282 g/mol. The van der Waals surface area contributed by atoms with E-state index >= 15 is 0 Å². The molecule has 0 aliphatic heterocycles. The Bertz CT molecular complexity index is 635. The second kappa shape index (κ2) is 6.93. The van der Waals surface area contributed by atoms with Crippen LogP contribution in [0.4, 0.5) is 11.4 Å². The van der Waals surface area contributed by atoms with Crippen molar-refractivity contribution in [3.63, 3.8) is 0 Å². The maximum Gasteiger partial charge on any atom is 0.224 e. The standard InChI is InChI=1S/C18H22N2O/c1-3-14-9-6-7-13(2)18(14)20-17(21)12-11-15-8-4-5-10-16(15)19/h4-10H,3,11-12,19H2,1-2H3,(H,20,21). The average Bonchev–Trinajstić information content (AvgIpc) is 2.48. The molecule has 2 aromatic rings. The zero-order chi connectivity index (χ0) is 15.2. The van der Waals surface area contributed by atoms with Crippen LogP contribution in [0, 0.1) is 6.92 Å². The number of para-hydroxylation sites is 2. The maximum absolute atomic E-state index is 12.2. The van der Waals surface area contributed by atoms with Gasteiger partial charge in [-0.25, -0.2) is 0 Å². The zero-order valence-corrected chi connectivity index (χ0v) is 12.6. The van der Waals surface area contributed by atoms with Gasteiger partial charge in [0.15, 0.2) is 0 Å². The first-order chi connectivity index (χ1) is 10.1. The summed E-state index contributed by atoms with van der Waals surface area (Å²) < 4.78 is 0. The van der Waals surface area contributed by atoms with Crippen LogP contribution in [-0.2, 0) is 17.6 Å². The third-order valence-corrected chi connectivity index (χ3v) is 3.68. The largest absolute Gasteiger partial charge is 0.399 e. The second-order valence-corrected chi connectivity index (χ2v) is 5.21. The lowest BCUT2D eigenvalue weighted by Crippen LogP contribution is -2.15. The number of nitrogens with one attached hydrogen (secondary N) is 1. The van der Waals surface area contributed by atoms with E-state index < -0.39 is 0 Å². The van der Waals surface area contributed by atoms with Crippen LogP contribution in [0.1, 0.15) is 30.0 Å². The van der Waals surface area contributed by atoms with Crippen molar-refractivity contribution in [1.82, 2.24) is 0 Å². The van der Waals surface area contributed by atoms with Gasteiger partial charge >= 0.3 is 0 Å². The fraction of sp³-hybridized carbons (Fsp3) is 0.278. The molecule has 110 valence electrons. The SMILES string of the molecule is CCc1cccc(C)c1NC(=O)CCc1ccccc1N. The van der Waals surface area contributed by atoms with E-state index in [2.05, 4.69) is 18.3 Å². The lowest BCUT2D eigenvalue weighted by atomic mass is 10.0. The number of rotatable bonds is 5. The highest BCUT2D eigenvalue weighted by atomic mass is 16.1. The molecule has 0 aliphatic carbocycles. The highest BCUT2D eigenvalue weighted by Gasteiger charge is 2.09. The number of amides is 1. The molecule has 21 heavy (non-hydrogen) atoms. The summed E-state index contributed by atoms with van der Waals surface area (Å²) in [6.45, 7) is 4.11. The van der Waals surface area contributed by atoms with Crippen LogP contribution >= 0.6 is 0 Å². The van der Waals surface area contributed by atoms with E-state index in [9.17, 15) is 4.79 Å². The molecule has 3 nitrogen and oxygen atoms in total. The van der Waals surface area contributed by atoms with Crippen molar-refractivity contribution in [3.05, 3.63) is 59.2 Å². The summed E-state index contributed by atoms with van der Waals surface area (Å²) in [5.74, 6) is 0.0299. The highest BCUT2D eigenvalue weighted by Crippen LogP contribution is 2.21. The molecular formula is C18H22N2O. The molecule has 3 N–H and O–H groups in total. The van der Waals surface area contributed by atoms with E-state index in [1.165, 1.54) is 5.56 Å². The maximum atomic E-state index is 12.2. The molecule has 0 aromatic heterocycles.